The van der Waals surface area contributed by atoms with Gasteiger partial charge in [0.15, 0.2) is 0 Å². The van der Waals surface area contributed by atoms with Crippen LogP contribution in [0.3, 0.4) is 0 Å². The van der Waals surface area contributed by atoms with E-state index in [9.17, 15) is 9.90 Å². The quantitative estimate of drug-likeness (QED) is 0.371. The lowest BCUT2D eigenvalue weighted by Gasteiger charge is -2.10. The maximum Gasteiger partial charge on any atom is 0.200 e. The third kappa shape index (κ3) is 2.25. The fourth-order valence-corrected chi connectivity index (χ4v) is 4.66. The van der Waals surface area contributed by atoms with E-state index in [-0.39, 0.29) is 17.1 Å². The van der Waals surface area contributed by atoms with E-state index in [4.69, 9.17) is 0 Å². The standard InChI is InChI=1S/C14H5Br4NO2/c15-9-7-8(10(16)12(18)11(9)17)14(21)6(13(7)20)5-3-1-2-4-19-5/h1-4,20H. The van der Waals surface area contributed by atoms with Crippen LogP contribution in [0.4, 0.5) is 0 Å². The molecule has 0 unspecified atom stereocenters. The van der Waals surface area contributed by atoms with Gasteiger partial charge in [-0.05, 0) is 75.9 Å². The van der Waals surface area contributed by atoms with Crippen LogP contribution in [0.15, 0.2) is 42.3 Å². The zero-order valence-electron chi connectivity index (χ0n) is 10.1. The highest BCUT2D eigenvalue weighted by Crippen LogP contribution is 2.49. The van der Waals surface area contributed by atoms with Gasteiger partial charge < -0.3 is 5.11 Å². The summed E-state index contributed by atoms with van der Waals surface area (Å²) in [4.78, 5) is 16.9. The van der Waals surface area contributed by atoms with Gasteiger partial charge in [0, 0.05) is 29.7 Å². The van der Waals surface area contributed by atoms with Gasteiger partial charge in [0.25, 0.3) is 0 Å². The first-order valence-corrected chi connectivity index (χ1v) is 8.88. The van der Waals surface area contributed by atoms with Crippen LogP contribution >= 0.6 is 63.7 Å². The van der Waals surface area contributed by atoms with E-state index in [0.717, 1.165) is 4.47 Å². The molecule has 1 aromatic heterocycles. The molecule has 0 radical (unpaired) electrons. The molecule has 106 valence electrons. The van der Waals surface area contributed by atoms with Gasteiger partial charge in [-0.3, -0.25) is 9.78 Å². The minimum atomic E-state index is -0.262. The molecule has 2 aromatic rings. The number of carbonyl (C=O) groups excluding carboxylic acids is 1. The van der Waals surface area contributed by atoms with E-state index < -0.39 is 0 Å². The first-order valence-electron chi connectivity index (χ1n) is 5.70. The molecule has 0 saturated heterocycles. The Morgan fingerprint density at radius 1 is 0.905 bits per heavy atom. The van der Waals surface area contributed by atoms with Crippen molar-refractivity contribution in [1.29, 1.82) is 0 Å². The number of nitrogens with zero attached hydrogens (tertiary/aromatic N) is 1. The summed E-state index contributed by atoms with van der Waals surface area (Å²) in [5.41, 5.74) is 1.52. The summed E-state index contributed by atoms with van der Waals surface area (Å²) in [6.45, 7) is 0. The van der Waals surface area contributed by atoms with Crippen molar-refractivity contribution in [3.05, 3.63) is 59.1 Å². The molecule has 0 spiro atoms. The second kappa shape index (κ2) is 5.61. The van der Waals surface area contributed by atoms with Gasteiger partial charge in [0.1, 0.15) is 5.76 Å². The lowest BCUT2D eigenvalue weighted by Crippen LogP contribution is -2.02. The Kier molecular flexibility index (Phi) is 4.11. The number of pyridine rings is 1. The second-order valence-electron chi connectivity index (χ2n) is 4.27. The Morgan fingerprint density at radius 3 is 2.10 bits per heavy atom. The zero-order chi connectivity index (χ0) is 15.3. The Hall–Kier alpha value is -0.500. The van der Waals surface area contributed by atoms with Gasteiger partial charge in [-0.25, -0.2) is 0 Å². The molecule has 0 bridgehead atoms. The topological polar surface area (TPSA) is 50.2 Å². The van der Waals surface area contributed by atoms with Gasteiger partial charge in [-0.2, -0.15) is 0 Å². The number of hydrogen-bond acceptors (Lipinski definition) is 3. The number of allylic oxidation sites excluding steroid dienone is 1. The minimum absolute atomic E-state index is 0.0746. The largest absolute Gasteiger partial charge is 0.506 e. The Balaban J connectivity index is 2.35. The summed E-state index contributed by atoms with van der Waals surface area (Å²) in [5.74, 6) is -0.337. The second-order valence-corrected chi connectivity index (χ2v) is 7.45. The predicted octanol–water partition coefficient (Wildman–Crippen LogP) is 5.75. The van der Waals surface area contributed by atoms with E-state index in [2.05, 4.69) is 68.7 Å². The molecule has 1 aromatic carbocycles. The van der Waals surface area contributed by atoms with Crippen molar-refractivity contribution in [2.45, 2.75) is 0 Å². The molecule has 3 nitrogen and oxygen atoms in total. The number of hydrogen-bond donors (Lipinski definition) is 1. The smallest absolute Gasteiger partial charge is 0.200 e. The third-order valence-corrected chi connectivity index (χ3v) is 7.88. The molecule has 1 aliphatic rings. The van der Waals surface area contributed by atoms with Crippen LogP contribution in [-0.4, -0.2) is 15.9 Å². The number of aromatic nitrogens is 1. The Morgan fingerprint density at radius 2 is 1.52 bits per heavy atom. The number of benzene rings is 1. The van der Waals surface area contributed by atoms with Gasteiger partial charge in [-0.1, -0.05) is 6.07 Å². The molecule has 0 saturated carbocycles. The Bertz CT molecular complexity index is 816. The molecule has 0 atom stereocenters. The normalized spacial score (nSPS) is 13.8. The van der Waals surface area contributed by atoms with E-state index in [0.29, 0.717) is 30.2 Å². The van der Waals surface area contributed by atoms with Gasteiger partial charge >= 0.3 is 0 Å². The molecule has 1 aliphatic carbocycles. The minimum Gasteiger partial charge on any atom is -0.506 e. The number of aliphatic hydroxyl groups excluding tert-OH is 1. The molecule has 1 N–H and O–H groups in total. The van der Waals surface area contributed by atoms with Crippen molar-refractivity contribution in [1.82, 2.24) is 4.98 Å². The number of rotatable bonds is 1. The monoisotopic (exact) mass is 535 g/mol. The van der Waals surface area contributed by atoms with E-state index in [1.807, 2.05) is 0 Å². The number of Topliss-reactive ketones (excluding diaryl/α,β-unsaturated/α-hetero) is 1. The number of ketones is 1. The highest BCUT2D eigenvalue weighted by atomic mass is 79.9. The lowest BCUT2D eigenvalue weighted by molar-refractivity contribution is 0.105. The SMILES string of the molecule is O=C1C(c2ccccn2)=C(O)c2c(Br)c(Br)c(Br)c(Br)c21. The molecule has 3 rings (SSSR count). The van der Waals surface area contributed by atoms with Crippen molar-refractivity contribution in [3.8, 4) is 0 Å². The molecule has 21 heavy (non-hydrogen) atoms. The van der Waals surface area contributed by atoms with Crippen LogP contribution in [0.25, 0.3) is 11.3 Å². The van der Waals surface area contributed by atoms with Crippen LogP contribution < -0.4 is 0 Å². The van der Waals surface area contributed by atoms with Crippen molar-refractivity contribution in [3.63, 3.8) is 0 Å². The maximum absolute atomic E-state index is 12.7. The van der Waals surface area contributed by atoms with Crippen molar-refractivity contribution < 1.29 is 9.90 Å². The van der Waals surface area contributed by atoms with Gasteiger partial charge in [0.05, 0.1) is 16.8 Å². The highest BCUT2D eigenvalue weighted by Gasteiger charge is 2.37. The molecule has 1 heterocycles. The number of fused-ring (bicyclic) bond motifs is 1. The molecule has 7 heteroatoms. The van der Waals surface area contributed by atoms with Crippen molar-refractivity contribution >= 4 is 80.8 Å². The number of halogens is 4. The van der Waals surface area contributed by atoms with Crippen molar-refractivity contribution in [2.75, 3.05) is 0 Å². The third-order valence-electron chi connectivity index (χ3n) is 3.12. The van der Waals surface area contributed by atoms with Crippen LogP contribution in [-0.2, 0) is 0 Å². The average Bonchev–Trinajstić information content (AvgIpc) is 2.75. The molecule has 0 amide bonds. The van der Waals surface area contributed by atoms with E-state index in [1.165, 1.54) is 0 Å². The zero-order valence-corrected chi connectivity index (χ0v) is 16.5. The maximum atomic E-state index is 12.7. The number of carbonyl (C=O) groups is 1. The van der Waals surface area contributed by atoms with Gasteiger partial charge in [-0.15, -0.1) is 0 Å². The summed E-state index contributed by atoms with van der Waals surface area (Å²) in [6, 6.07) is 5.22. The van der Waals surface area contributed by atoms with Crippen LogP contribution in [0, 0.1) is 0 Å². The first kappa shape index (κ1) is 15.4. The van der Waals surface area contributed by atoms with Crippen molar-refractivity contribution in [2.24, 2.45) is 0 Å². The molecular formula is C14H5Br4NO2. The fourth-order valence-electron chi connectivity index (χ4n) is 2.17. The van der Waals surface area contributed by atoms with E-state index in [1.54, 1.807) is 24.4 Å². The fraction of sp³-hybridized carbons (Fsp3) is 0. The summed E-state index contributed by atoms with van der Waals surface area (Å²) in [5, 5.41) is 10.5. The predicted molar refractivity (Wildman–Crippen MR) is 95.3 cm³/mol. The highest BCUT2D eigenvalue weighted by molar-refractivity contribution is 9.15. The Labute approximate surface area is 154 Å². The van der Waals surface area contributed by atoms with Crippen LogP contribution in [0.2, 0.25) is 0 Å². The molecule has 0 fully saturated rings. The van der Waals surface area contributed by atoms with Gasteiger partial charge in [0.2, 0.25) is 5.78 Å². The number of aliphatic hydroxyl groups is 1. The van der Waals surface area contributed by atoms with E-state index >= 15 is 0 Å². The molecular weight excluding hydrogens is 534 g/mol. The average molecular weight is 539 g/mol. The van der Waals surface area contributed by atoms with Crippen LogP contribution in [0.1, 0.15) is 21.6 Å². The molecule has 0 aliphatic heterocycles. The summed E-state index contributed by atoms with van der Waals surface area (Å²) < 4.78 is 2.63. The summed E-state index contributed by atoms with van der Waals surface area (Å²) >= 11 is 13.7. The van der Waals surface area contributed by atoms with Crippen LogP contribution in [0.5, 0.6) is 0 Å². The lowest BCUT2D eigenvalue weighted by atomic mass is 10.1. The first-order chi connectivity index (χ1) is 9.95. The summed E-state index contributed by atoms with van der Waals surface area (Å²) in [7, 11) is 0. The summed E-state index contributed by atoms with van der Waals surface area (Å²) in [6.07, 6.45) is 1.59.